The Bertz CT molecular complexity index is 427. The summed E-state index contributed by atoms with van der Waals surface area (Å²) in [5.41, 5.74) is 0.636. The third-order valence-corrected chi connectivity index (χ3v) is 3.33. The molecular formula is C14H17FO3. The first kappa shape index (κ1) is 12.9. The number of ether oxygens (including phenoxy) is 1. The van der Waals surface area contributed by atoms with Gasteiger partial charge in [0, 0.05) is 6.42 Å². The van der Waals surface area contributed by atoms with Crippen LogP contribution in [0.5, 0.6) is 5.75 Å². The van der Waals surface area contributed by atoms with Gasteiger partial charge in [-0.1, -0.05) is 6.42 Å². The van der Waals surface area contributed by atoms with Crippen LogP contribution in [0, 0.1) is 11.7 Å². The minimum absolute atomic E-state index is 0.0107. The van der Waals surface area contributed by atoms with Crippen LogP contribution in [0.4, 0.5) is 4.39 Å². The Morgan fingerprint density at radius 1 is 1.44 bits per heavy atom. The Morgan fingerprint density at radius 3 is 2.83 bits per heavy atom. The highest BCUT2D eigenvalue weighted by atomic mass is 19.1. The van der Waals surface area contributed by atoms with Crippen molar-refractivity contribution >= 4 is 5.97 Å². The molecule has 2 rings (SSSR count). The van der Waals surface area contributed by atoms with E-state index in [4.69, 9.17) is 9.84 Å². The number of rotatable bonds is 6. The van der Waals surface area contributed by atoms with Crippen LogP contribution in [0.2, 0.25) is 0 Å². The Kier molecular flexibility index (Phi) is 4.18. The number of carboxylic acids is 1. The van der Waals surface area contributed by atoms with Gasteiger partial charge in [0.05, 0.1) is 6.61 Å². The molecule has 1 aliphatic carbocycles. The lowest BCUT2D eigenvalue weighted by molar-refractivity contribution is -0.136. The number of carboxylic acid groups (broad SMARTS) is 1. The molecule has 0 heterocycles. The molecule has 0 bridgehead atoms. The summed E-state index contributed by atoms with van der Waals surface area (Å²) in [6.07, 6.45) is 3.91. The highest BCUT2D eigenvalue weighted by Crippen LogP contribution is 2.28. The van der Waals surface area contributed by atoms with Crippen LogP contribution in [0.1, 0.15) is 31.2 Å². The van der Waals surface area contributed by atoms with Crippen LogP contribution in [0.15, 0.2) is 18.2 Å². The van der Waals surface area contributed by atoms with Crippen molar-refractivity contribution in [3.63, 3.8) is 0 Å². The van der Waals surface area contributed by atoms with Gasteiger partial charge in [-0.25, -0.2) is 4.39 Å². The maximum absolute atomic E-state index is 13.1. The molecule has 0 saturated heterocycles. The summed E-state index contributed by atoms with van der Waals surface area (Å²) in [6, 6.07) is 4.30. The SMILES string of the molecule is O=C(O)CCc1cc(F)ccc1OCC1CCC1. The number of carbonyl (C=O) groups is 1. The van der Waals surface area contributed by atoms with E-state index in [9.17, 15) is 9.18 Å². The summed E-state index contributed by atoms with van der Waals surface area (Å²) in [7, 11) is 0. The molecule has 1 N–H and O–H groups in total. The van der Waals surface area contributed by atoms with Crippen LogP contribution in [0.25, 0.3) is 0 Å². The lowest BCUT2D eigenvalue weighted by Gasteiger charge is -2.25. The van der Waals surface area contributed by atoms with E-state index in [1.165, 1.54) is 31.4 Å². The second-order valence-corrected chi connectivity index (χ2v) is 4.75. The van der Waals surface area contributed by atoms with Gasteiger partial charge in [0.2, 0.25) is 0 Å². The van der Waals surface area contributed by atoms with Crippen molar-refractivity contribution < 1.29 is 19.0 Å². The smallest absolute Gasteiger partial charge is 0.303 e. The van der Waals surface area contributed by atoms with Gasteiger partial charge in [0.15, 0.2) is 0 Å². The van der Waals surface area contributed by atoms with E-state index in [2.05, 4.69) is 0 Å². The molecule has 4 heteroatoms. The van der Waals surface area contributed by atoms with Crippen molar-refractivity contribution in [3.05, 3.63) is 29.6 Å². The Balaban J connectivity index is 1.99. The van der Waals surface area contributed by atoms with Crippen LogP contribution >= 0.6 is 0 Å². The normalized spacial score (nSPS) is 15.2. The van der Waals surface area contributed by atoms with Gasteiger partial charge in [-0.15, -0.1) is 0 Å². The Hall–Kier alpha value is -1.58. The first-order valence-electron chi connectivity index (χ1n) is 6.28. The van der Waals surface area contributed by atoms with E-state index in [0.29, 0.717) is 30.3 Å². The minimum Gasteiger partial charge on any atom is -0.493 e. The van der Waals surface area contributed by atoms with Crippen molar-refractivity contribution in [1.82, 2.24) is 0 Å². The number of halogens is 1. The number of aryl methyl sites for hydroxylation is 1. The average Bonchev–Trinajstić information content (AvgIpc) is 2.26. The van der Waals surface area contributed by atoms with E-state index in [0.717, 1.165) is 0 Å². The average molecular weight is 252 g/mol. The van der Waals surface area contributed by atoms with Crippen molar-refractivity contribution in [2.75, 3.05) is 6.61 Å². The lowest BCUT2D eigenvalue weighted by Crippen LogP contribution is -2.19. The van der Waals surface area contributed by atoms with E-state index < -0.39 is 5.97 Å². The third-order valence-electron chi connectivity index (χ3n) is 3.33. The van der Waals surface area contributed by atoms with Crippen molar-refractivity contribution in [2.24, 2.45) is 5.92 Å². The quantitative estimate of drug-likeness (QED) is 0.846. The molecule has 0 unspecified atom stereocenters. The van der Waals surface area contributed by atoms with E-state index in [-0.39, 0.29) is 12.2 Å². The predicted molar refractivity (Wildman–Crippen MR) is 65.2 cm³/mol. The molecule has 0 aromatic heterocycles. The van der Waals surface area contributed by atoms with E-state index >= 15 is 0 Å². The van der Waals surface area contributed by atoms with Gasteiger partial charge in [0.1, 0.15) is 11.6 Å². The zero-order valence-electron chi connectivity index (χ0n) is 10.2. The number of benzene rings is 1. The molecular weight excluding hydrogens is 235 g/mol. The number of hydrogen-bond donors (Lipinski definition) is 1. The third kappa shape index (κ3) is 3.45. The van der Waals surface area contributed by atoms with Crippen LogP contribution < -0.4 is 4.74 Å². The number of hydrogen-bond acceptors (Lipinski definition) is 2. The van der Waals surface area contributed by atoms with Gasteiger partial charge in [-0.05, 0) is 48.9 Å². The van der Waals surface area contributed by atoms with Crippen molar-refractivity contribution in [3.8, 4) is 5.75 Å². The van der Waals surface area contributed by atoms with Crippen LogP contribution in [0.3, 0.4) is 0 Å². The summed E-state index contributed by atoms with van der Waals surface area (Å²) >= 11 is 0. The second-order valence-electron chi connectivity index (χ2n) is 4.75. The molecule has 1 aromatic rings. The molecule has 0 spiro atoms. The Labute approximate surface area is 106 Å². The molecule has 98 valence electrons. The molecule has 0 amide bonds. The minimum atomic E-state index is -0.885. The maximum Gasteiger partial charge on any atom is 0.303 e. The topological polar surface area (TPSA) is 46.5 Å². The highest BCUT2D eigenvalue weighted by Gasteiger charge is 2.18. The zero-order valence-corrected chi connectivity index (χ0v) is 10.2. The zero-order chi connectivity index (χ0) is 13.0. The van der Waals surface area contributed by atoms with Crippen LogP contribution in [-0.2, 0) is 11.2 Å². The summed E-state index contributed by atoms with van der Waals surface area (Å²) in [4.78, 5) is 10.6. The summed E-state index contributed by atoms with van der Waals surface area (Å²) in [6.45, 7) is 0.645. The fraction of sp³-hybridized carbons (Fsp3) is 0.500. The molecule has 1 aromatic carbocycles. The summed E-state index contributed by atoms with van der Waals surface area (Å²) in [5.74, 6) is -0.0255. The van der Waals surface area contributed by atoms with Gasteiger partial charge in [-0.2, -0.15) is 0 Å². The molecule has 0 radical (unpaired) electrons. The summed E-state index contributed by atoms with van der Waals surface area (Å²) < 4.78 is 18.8. The standard InChI is InChI=1S/C14H17FO3/c15-12-5-6-13(18-9-10-2-1-3-10)11(8-12)4-7-14(16)17/h5-6,8,10H,1-4,7,9H2,(H,16,17). The Morgan fingerprint density at radius 2 is 2.22 bits per heavy atom. The molecule has 3 nitrogen and oxygen atoms in total. The maximum atomic E-state index is 13.1. The van der Waals surface area contributed by atoms with E-state index in [1.54, 1.807) is 6.07 Å². The molecule has 0 atom stereocenters. The molecule has 1 saturated carbocycles. The van der Waals surface area contributed by atoms with E-state index in [1.807, 2.05) is 0 Å². The molecule has 0 aliphatic heterocycles. The number of aliphatic carboxylic acids is 1. The van der Waals surface area contributed by atoms with Gasteiger partial charge in [-0.3, -0.25) is 4.79 Å². The molecule has 18 heavy (non-hydrogen) atoms. The van der Waals surface area contributed by atoms with Crippen molar-refractivity contribution in [1.29, 1.82) is 0 Å². The second kappa shape index (κ2) is 5.85. The first-order chi connectivity index (χ1) is 8.65. The van der Waals surface area contributed by atoms with Gasteiger partial charge in [0.25, 0.3) is 0 Å². The fourth-order valence-electron chi connectivity index (χ4n) is 1.99. The largest absolute Gasteiger partial charge is 0.493 e. The van der Waals surface area contributed by atoms with Crippen LogP contribution in [-0.4, -0.2) is 17.7 Å². The van der Waals surface area contributed by atoms with Gasteiger partial charge < -0.3 is 9.84 Å². The predicted octanol–water partition coefficient (Wildman–Crippen LogP) is 3.02. The first-order valence-corrected chi connectivity index (χ1v) is 6.28. The lowest BCUT2D eigenvalue weighted by atomic mass is 9.86. The van der Waals surface area contributed by atoms with Gasteiger partial charge >= 0.3 is 5.97 Å². The summed E-state index contributed by atoms with van der Waals surface area (Å²) in [5, 5.41) is 8.67. The fourth-order valence-corrected chi connectivity index (χ4v) is 1.99. The monoisotopic (exact) mass is 252 g/mol. The molecule has 1 aliphatic rings. The highest BCUT2D eigenvalue weighted by molar-refractivity contribution is 5.67. The molecule has 1 fully saturated rings. The van der Waals surface area contributed by atoms with Crippen molar-refractivity contribution in [2.45, 2.75) is 32.1 Å².